The Morgan fingerprint density at radius 1 is 0.600 bits per heavy atom. The molecule has 25 heavy (non-hydrogen) atoms. The number of nitrogens with zero attached hydrogens (tertiary/aromatic N) is 2. The molecule has 0 radical (unpaired) electrons. The highest BCUT2D eigenvalue weighted by Gasteiger charge is 2.64. The fourth-order valence-corrected chi connectivity index (χ4v) is 5.99. The fourth-order valence-electron chi connectivity index (χ4n) is 5.99. The lowest BCUT2D eigenvalue weighted by Gasteiger charge is -2.22. The van der Waals surface area contributed by atoms with Crippen molar-refractivity contribution >= 4 is 23.6 Å². The van der Waals surface area contributed by atoms with Gasteiger partial charge in [0.2, 0.25) is 0 Å². The van der Waals surface area contributed by atoms with Crippen LogP contribution >= 0.6 is 0 Å². The van der Waals surface area contributed by atoms with E-state index in [4.69, 9.17) is 4.94 Å². The summed E-state index contributed by atoms with van der Waals surface area (Å²) >= 11 is 0. The SMILES string of the molecule is O=C1C2C3C=CC(C3)C2C(=O)N1ON1C(=O)C2C3C=CC(C3)C2C1=O. The number of rotatable bonds is 2. The first-order valence-electron chi connectivity index (χ1n) is 8.86. The van der Waals surface area contributed by atoms with E-state index in [9.17, 15) is 19.2 Å². The van der Waals surface area contributed by atoms with Gasteiger partial charge in [0, 0.05) is 0 Å². The number of allylic oxidation sites excluding steroid dienone is 4. The third-order valence-corrected chi connectivity index (χ3v) is 7.02. The first-order chi connectivity index (χ1) is 12.1. The fraction of sp³-hybridized carbons (Fsp3) is 0.556. The molecule has 4 fully saturated rings. The Bertz CT molecular complexity index is 690. The molecule has 7 heteroatoms. The molecule has 0 aromatic heterocycles. The van der Waals surface area contributed by atoms with Crippen LogP contribution in [0.3, 0.4) is 0 Å². The lowest BCUT2D eigenvalue weighted by molar-refractivity contribution is -0.271. The summed E-state index contributed by atoms with van der Waals surface area (Å²) in [5, 5.41) is 1.35. The molecule has 2 heterocycles. The summed E-state index contributed by atoms with van der Waals surface area (Å²) in [7, 11) is 0. The molecule has 8 atom stereocenters. The lowest BCUT2D eigenvalue weighted by atomic mass is 9.85. The maximum Gasteiger partial charge on any atom is 0.260 e. The zero-order valence-corrected chi connectivity index (χ0v) is 13.3. The van der Waals surface area contributed by atoms with Crippen molar-refractivity contribution in [3.8, 4) is 0 Å². The Morgan fingerprint density at radius 3 is 1.16 bits per heavy atom. The predicted molar refractivity (Wildman–Crippen MR) is 80.2 cm³/mol. The van der Waals surface area contributed by atoms with E-state index in [-0.39, 0.29) is 23.7 Å². The summed E-state index contributed by atoms with van der Waals surface area (Å²) in [4.78, 5) is 56.0. The van der Waals surface area contributed by atoms with E-state index in [0.29, 0.717) is 10.1 Å². The molecule has 2 saturated carbocycles. The molecule has 8 unspecified atom stereocenters. The van der Waals surface area contributed by atoms with Gasteiger partial charge in [-0.1, -0.05) is 24.3 Å². The van der Waals surface area contributed by atoms with E-state index in [1.807, 2.05) is 24.3 Å². The van der Waals surface area contributed by atoms with Gasteiger partial charge in [-0.15, -0.1) is 15.1 Å². The van der Waals surface area contributed by atoms with Crippen LogP contribution in [-0.2, 0) is 24.1 Å². The molecular weight excluding hydrogens is 324 g/mol. The second-order valence-electron chi connectivity index (χ2n) is 8.02. The van der Waals surface area contributed by atoms with Crippen molar-refractivity contribution in [2.45, 2.75) is 12.8 Å². The number of imide groups is 2. The normalized spacial score (nSPS) is 48.5. The Hall–Kier alpha value is -2.28. The van der Waals surface area contributed by atoms with Crippen LogP contribution in [0.4, 0.5) is 0 Å². The van der Waals surface area contributed by atoms with Gasteiger partial charge in [-0.25, -0.2) is 0 Å². The number of hydrogen-bond acceptors (Lipinski definition) is 5. The molecule has 7 nitrogen and oxygen atoms in total. The molecule has 128 valence electrons. The van der Waals surface area contributed by atoms with Gasteiger partial charge >= 0.3 is 0 Å². The van der Waals surface area contributed by atoms with Crippen LogP contribution in [0.5, 0.6) is 0 Å². The minimum Gasteiger partial charge on any atom is -0.272 e. The number of fused-ring (bicyclic) bond motifs is 10. The molecule has 0 aromatic rings. The smallest absolute Gasteiger partial charge is 0.260 e. The van der Waals surface area contributed by atoms with Gasteiger partial charge < -0.3 is 0 Å². The van der Waals surface area contributed by atoms with Crippen LogP contribution in [0.25, 0.3) is 0 Å². The highest BCUT2D eigenvalue weighted by molar-refractivity contribution is 6.07. The third-order valence-electron chi connectivity index (χ3n) is 7.02. The molecule has 2 saturated heterocycles. The van der Waals surface area contributed by atoms with Crippen molar-refractivity contribution in [1.82, 2.24) is 10.1 Å². The van der Waals surface area contributed by atoms with Crippen LogP contribution in [0.1, 0.15) is 12.8 Å². The van der Waals surface area contributed by atoms with Gasteiger partial charge in [0.05, 0.1) is 23.7 Å². The Morgan fingerprint density at radius 2 is 0.880 bits per heavy atom. The second-order valence-corrected chi connectivity index (χ2v) is 8.02. The van der Waals surface area contributed by atoms with Crippen molar-refractivity contribution in [2.75, 3.05) is 0 Å². The van der Waals surface area contributed by atoms with Crippen molar-refractivity contribution in [2.24, 2.45) is 47.3 Å². The number of amides is 4. The maximum atomic E-state index is 12.7. The summed E-state index contributed by atoms with van der Waals surface area (Å²) in [5.41, 5.74) is 0. The van der Waals surface area contributed by atoms with Crippen molar-refractivity contribution < 1.29 is 24.1 Å². The number of hydroxylamine groups is 4. The van der Waals surface area contributed by atoms with Gasteiger partial charge in [-0.05, 0) is 36.5 Å². The van der Waals surface area contributed by atoms with E-state index in [0.717, 1.165) is 12.8 Å². The Labute approximate surface area is 143 Å². The quantitative estimate of drug-likeness (QED) is 0.538. The van der Waals surface area contributed by atoms with Crippen LogP contribution < -0.4 is 0 Å². The molecule has 0 aromatic carbocycles. The third kappa shape index (κ3) is 1.47. The van der Waals surface area contributed by atoms with Gasteiger partial charge in [-0.3, -0.25) is 19.2 Å². The lowest BCUT2D eigenvalue weighted by Crippen LogP contribution is -2.44. The van der Waals surface area contributed by atoms with E-state index in [1.54, 1.807) is 0 Å². The highest BCUT2D eigenvalue weighted by Crippen LogP contribution is 2.54. The molecule has 0 spiro atoms. The largest absolute Gasteiger partial charge is 0.272 e. The summed E-state index contributed by atoms with van der Waals surface area (Å²) in [6.07, 6.45) is 9.59. The number of carbonyl (C=O) groups excluding carboxylic acids is 4. The van der Waals surface area contributed by atoms with Crippen LogP contribution in [0, 0.1) is 47.3 Å². The first-order valence-corrected chi connectivity index (χ1v) is 8.86. The number of hydrogen-bond donors (Lipinski definition) is 0. The molecular formula is C18H16N2O5. The van der Waals surface area contributed by atoms with Gasteiger partial charge in [-0.2, -0.15) is 0 Å². The minimum absolute atomic E-state index is 0.0597. The molecule has 4 amide bonds. The molecule has 6 aliphatic rings. The van der Waals surface area contributed by atoms with Crippen LogP contribution in [0.15, 0.2) is 24.3 Å². The van der Waals surface area contributed by atoms with Crippen molar-refractivity contribution in [3.05, 3.63) is 24.3 Å². The topological polar surface area (TPSA) is 84.0 Å². The molecule has 0 N–H and O–H groups in total. The van der Waals surface area contributed by atoms with E-state index >= 15 is 0 Å². The van der Waals surface area contributed by atoms with Crippen LogP contribution in [0.2, 0.25) is 0 Å². The molecule has 4 bridgehead atoms. The number of carbonyl (C=O) groups is 4. The minimum atomic E-state index is -0.425. The average Bonchev–Trinajstić information content (AvgIpc) is 3.40. The standard InChI is InChI=1S/C18H16N2O5/c21-15-11-7-1-2-8(5-7)12(11)16(22)19(15)25-20-17(23)13-9-3-4-10(6-9)14(13)18(20)24/h1-4,7-14H,5-6H2. The van der Waals surface area contributed by atoms with E-state index in [1.165, 1.54) is 0 Å². The molecule has 2 aliphatic heterocycles. The van der Waals surface area contributed by atoms with Gasteiger partial charge in [0.1, 0.15) is 0 Å². The zero-order valence-electron chi connectivity index (χ0n) is 13.3. The Kier molecular flexibility index (Phi) is 2.38. The van der Waals surface area contributed by atoms with E-state index in [2.05, 4.69) is 0 Å². The molecule has 4 aliphatic carbocycles. The van der Waals surface area contributed by atoms with Crippen molar-refractivity contribution in [3.63, 3.8) is 0 Å². The van der Waals surface area contributed by atoms with E-state index < -0.39 is 47.3 Å². The van der Waals surface area contributed by atoms with Gasteiger partial charge in [0.15, 0.2) is 0 Å². The average molecular weight is 340 g/mol. The predicted octanol–water partition coefficient (Wildman–Crippen LogP) is 0.447. The summed E-state index contributed by atoms with van der Waals surface area (Å²) in [5.74, 6) is -3.10. The summed E-state index contributed by atoms with van der Waals surface area (Å²) in [6.45, 7) is 0. The summed E-state index contributed by atoms with van der Waals surface area (Å²) < 4.78 is 0. The monoisotopic (exact) mass is 340 g/mol. The van der Waals surface area contributed by atoms with Crippen LogP contribution in [-0.4, -0.2) is 33.8 Å². The maximum absolute atomic E-state index is 12.7. The summed E-state index contributed by atoms with van der Waals surface area (Å²) in [6, 6.07) is 0. The highest BCUT2D eigenvalue weighted by atomic mass is 16.9. The Balaban J connectivity index is 1.28. The second kappa shape index (κ2) is 4.27. The van der Waals surface area contributed by atoms with Gasteiger partial charge in [0.25, 0.3) is 23.6 Å². The van der Waals surface area contributed by atoms with Crippen molar-refractivity contribution in [1.29, 1.82) is 0 Å². The first kappa shape index (κ1) is 13.9. The zero-order chi connectivity index (χ0) is 17.0. The molecule has 6 rings (SSSR count).